The van der Waals surface area contributed by atoms with Crippen molar-refractivity contribution in [3.05, 3.63) is 0 Å². The highest BCUT2D eigenvalue weighted by molar-refractivity contribution is 7.91. The zero-order valence-electron chi connectivity index (χ0n) is 11.0. The fourth-order valence-electron chi connectivity index (χ4n) is 2.27. The molecule has 0 spiro atoms. The van der Waals surface area contributed by atoms with Crippen molar-refractivity contribution in [1.82, 2.24) is 5.32 Å². The number of nitrogens with one attached hydrogen (secondary N) is 1. The van der Waals surface area contributed by atoms with E-state index in [9.17, 15) is 13.5 Å². The van der Waals surface area contributed by atoms with E-state index in [1.165, 1.54) is 6.42 Å². The van der Waals surface area contributed by atoms with Crippen LogP contribution in [0.4, 0.5) is 0 Å². The zero-order chi connectivity index (χ0) is 13.1. The molecular weight excluding hydrogens is 238 g/mol. The summed E-state index contributed by atoms with van der Waals surface area (Å²) in [5.41, 5.74) is 0. The molecule has 4 nitrogen and oxygen atoms in total. The topological polar surface area (TPSA) is 66.4 Å². The molecule has 0 radical (unpaired) electrons. The lowest BCUT2D eigenvalue weighted by Crippen LogP contribution is -2.43. The molecule has 0 aromatic carbocycles. The molecule has 1 aliphatic heterocycles. The summed E-state index contributed by atoms with van der Waals surface area (Å²) in [4.78, 5) is 0. The van der Waals surface area contributed by atoms with Gasteiger partial charge in [0.2, 0.25) is 0 Å². The van der Waals surface area contributed by atoms with Gasteiger partial charge >= 0.3 is 0 Å². The van der Waals surface area contributed by atoms with Gasteiger partial charge in [0.05, 0.1) is 17.6 Å². The van der Waals surface area contributed by atoms with Gasteiger partial charge in [0.25, 0.3) is 0 Å². The molecule has 0 saturated carbocycles. The van der Waals surface area contributed by atoms with E-state index in [-0.39, 0.29) is 23.6 Å². The maximum atomic E-state index is 11.3. The van der Waals surface area contributed by atoms with E-state index in [1.807, 2.05) is 0 Å². The number of hydrogen-bond acceptors (Lipinski definition) is 4. The third-order valence-electron chi connectivity index (χ3n) is 3.24. The Hall–Kier alpha value is -0.130. The third-order valence-corrected chi connectivity index (χ3v) is 4.96. The molecule has 0 bridgehead atoms. The largest absolute Gasteiger partial charge is 0.390 e. The van der Waals surface area contributed by atoms with Crippen LogP contribution in [0.25, 0.3) is 0 Å². The van der Waals surface area contributed by atoms with Crippen molar-refractivity contribution in [2.24, 2.45) is 5.92 Å². The Morgan fingerprint density at radius 1 is 1.24 bits per heavy atom. The molecule has 5 heteroatoms. The Balaban J connectivity index is 2.29. The number of aliphatic hydroxyl groups is 1. The maximum absolute atomic E-state index is 11.3. The van der Waals surface area contributed by atoms with Crippen LogP contribution in [-0.4, -0.2) is 43.2 Å². The second-order valence-electron chi connectivity index (χ2n) is 5.64. The van der Waals surface area contributed by atoms with Gasteiger partial charge in [-0.25, -0.2) is 8.42 Å². The molecule has 0 aromatic rings. The standard InChI is InChI=1S/C12H25NO3S/c1-9(2)5-4-6-10(3)13-11-7-17(15,16)8-12(11)14/h9-14H,4-8H2,1-3H3/t10-,11-,12-/m0/s1. The lowest BCUT2D eigenvalue weighted by molar-refractivity contribution is 0.159. The average molecular weight is 263 g/mol. The predicted octanol–water partition coefficient (Wildman–Crippen LogP) is 0.949. The van der Waals surface area contributed by atoms with Gasteiger partial charge in [0.15, 0.2) is 9.84 Å². The van der Waals surface area contributed by atoms with E-state index in [2.05, 4.69) is 26.1 Å². The predicted molar refractivity (Wildman–Crippen MR) is 69.7 cm³/mol. The molecule has 1 heterocycles. The van der Waals surface area contributed by atoms with Crippen molar-refractivity contribution in [3.63, 3.8) is 0 Å². The van der Waals surface area contributed by atoms with E-state index in [0.29, 0.717) is 5.92 Å². The first-order chi connectivity index (χ1) is 7.80. The molecule has 17 heavy (non-hydrogen) atoms. The van der Waals surface area contributed by atoms with Gasteiger partial charge in [0.1, 0.15) is 0 Å². The van der Waals surface area contributed by atoms with Crippen LogP contribution in [-0.2, 0) is 9.84 Å². The van der Waals surface area contributed by atoms with Crippen LogP contribution < -0.4 is 5.32 Å². The average Bonchev–Trinajstić information content (AvgIpc) is 2.38. The first-order valence-corrected chi connectivity index (χ1v) is 8.27. The Bertz CT molecular complexity index is 327. The molecule has 3 atom stereocenters. The van der Waals surface area contributed by atoms with Crippen molar-refractivity contribution < 1.29 is 13.5 Å². The van der Waals surface area contributed by atoms with Crippen molar-refractivity contribution in [1.29, 1.82) is 0 Å². The summed E-state index contributed by atoms with van der Waals surface area (Å²) in [6.45, 7) is 6.45. The van der Waals surface area contributed by atoms with Gasteiger partial charge < -0.3 is 10.4 Å². The second-order valence-corrected chi connectivity index (χ2v) is 7.80. The van der Waals surface area contributed by atoms with E-state index < -0.39 is 15.9 Å². The normalized spacial score (nSPS) is 29.7. The highest BCUT2D eigenvalue weighted by atomic mass is 32.2. The molecular formula is C12H25NO3S. The van der Waals surface area contributed by atoms with Crippen LogP contribution >= 0.6 is 0 Å². The van der Waals surface area contributed by atoms with Crippen LogP contribution in [0.2, 0.25) is 0 Å². The van der Waals surface area contributed by atoms with Crippen LogP contribution in [0.1, 0.15) is 40.0 Å². The zero-order valence-corrected chi connectivity index (χ0v) is 11.8. The second kappa shape index (κ2) is 6.16. The molecule has 1 saturated heterocycles. The number of aliphatic hydroxyl groups excluding tert-OH is 1. The van der Waals surface area contributed by atoms with E-state index >= 15 is 0 Å². The van der Waals surface area contributed by atoms with Gasteiger partial charge in [-0.15, -0.1) is 0 Å². The minimum atomic E-state index is -3.04. The van der Waals surface area contributed by atoms with Crippen LogP contribution in [0.15, 0.2) is 0 Å². The van der Waals surface area contributed by atoms with Crippen molar-refractivity contribution in [3.8, 4) is 0 Å². The van der Waals surface area contributed by atoms with Gasteiger partial charge in [0, 0.05) is 12.1 Å². The Morgan fingerprint density at radius 2 is 1.88 bits per heavy atom. The first kappa shape index (κ1) is 14.9. The smallest absolute Gasteiger partial charge is 0.154 e. The summed E-state index contributed by atoms with van der Waals surface area (Å²) < 4.78 is 22.7. The fourth-order valence-corrected chi connectivity index (χ4v) is 4.02. The molecule has 0 aromatic heterocycles. The van der Waals surface area contributed by atoms with E-state index in [1.54, 1.807) is 0 Å². The minimum absolute atomic E-state index is 0.0721. The Morgan fingerprint density at radius 3 is 2.35 bits per heavy atom. The fraction of sp³-hybridized carbons (Fsp3) is 1.00. The number of sulfone groups is 1. The van der Waals surface area contributed by atoms with Crippen LogP contribution in [0, 0.1) is 5.92 Å². The minimum Gasteiger partial charge on any atom is -0.390 e. The molecule has 1 aliphatic rings. The molecule has 2 N–H and O–H groups in total. The SMILES string of the molecule is CC(C)CCC[C@H](C)N[C@H]1CS(=O)(=O)C[C@@H]1O. The molecule has 0 unspecified atom stereocenters. The third kappa shape index (κ3) is 5.36. The molecule has 102 valence electrons. The monoisotopic (exact) mass is 263 g/mol. The van der Waals surface area contributed by atoms with Gasteiger partial charge in [-0.05, 0) is 19.3 Å². The van der Waals surface area contributed by atoms with Gasteiger partial charge in [-0.2, -0.15) is 0 Å². The summed E-state index contributed by atoms with van der Waals surface area (Å²) in [5, 5.41) is 12.9. The van der Waals surface area contributed by atoms with Gasteiger partial charge in [-0.1, -0.05) is 26.7 Å². The summed E-state index contributed by atoms with van der Waals surface area (Å²) in [6.07, 6.45) is 2.62. The first-order valence-electron chi connectivity index (χ1n) is 6.44. The van der Waals surface area contributed by atoms with E-state index in [0.717, 1.165) is 12.8 Å². The summed E-state index contributed by atoms with van der Waals surface area (Å²) in [7, 11) is -3.04. The summed E-state index contributed by atoms with van der Waals surface area (Å²) >= 11 is 0. The highest BCUT2D eigenvalue weighted by Gasteiger charge is 2.36. The van der Waals surface area contributed by atoms with Crippen molar-refractivity contribution in [2.75, 3.05) is 11.5 Å². The lowest BCUT2D eigenvalue weighted by Gasteiger charge is -2.21. The molecule has 1 fully saturated rings. The number of hydrogen-bond donors (Lipinski definition) is 2. The quantitative estimate of drug-likeness (QED) is 0.749. The van der Waals surface area contributed by atoms with Crippen molar-refractivity contribution in [2.45, 2.75) is 58.2 Å². The Labute approximate surface area is 105 Å². The van der Waals surface area contributed by atoms with Crippen LogP contribution in [0.3, 0.4) is 0 Å². The summed E-state index contributed by atoms with van der Waals surface area (Å²) in [5.74, 6) is 0.686. The molecule has 0 aliphatic carbocycles. The highest BCUT2D eigenvalue weighted by Crippen LogP contribution is 2.15. The van der Waals surface area contributed by atoms with E-state index in [4.69, 9.17) is 0 Å². The van der Waals surface area contributed by atoms with Crippen LogP contribution in [0.5, 0.6) is 0 Å². The molecule has 1 rings (SSSR count). The Kier molecular flexibility index (Phi) is 5.41. The van der Waals surface area contributed by atoms with Gasteiger partial charge in [-0.3, -0.25) is 0 Å². The molecule has 0 amide bonds. The van der Waals surface area contributed by atoms with Crippen molar-refractivity contribution >= 4 is 9.84 Å². The lowest BCUT2D eigenvalue weighted by atomic mass is 10.0. The number of rotatable bonds is 6. The summed E-state index contributed by atoms with van der Waals surface area (Å²) in [6, 6.07) is -0.0178. The maximum Gasteiger partial charge on any atom is 0.154 e.